The average Bonchev–Trinajstić information content (AvgIpc) is 2.35. The van der Waals surface area contributed by atoms with Crippen molar-refractivity contribution in [3.8, 4) is 0 Å². The molecule has 0 bridgehead atoms. The van der Waals surface area contributed by atoms with Crippen molar-refractivity contribution in [3.63, 3.8) is 0 Å². The normalized spacial score (nSPS) is 14.5. The van der Waals surface area contributed by atoms with Crippen LogP contribution >= 0.6 is 0 Å². The predicted molar refractivity (Wildman–Crippen MR) is 75.8 cm³/mol. The van der Waals surface area contributed by atoms with Crippen molar-refractivity contribution >= 4 is 5.97 Å². The molecule has 0 spiro atoms. The van der Waals surface area contributed by atoms with Crippen LogP contribution in [0.2, 0.25) is 0 Å². The summed E-state index contributed by atoms with van der Waals surface area (Å²) in [4.78, 5) is 10.8. The molecule has 0 aliphatic heterocycles. The SMILES string of the molecule is COC(=O)CCC/C=C\CCCCC(O)CC(C)O. The molecular formula is C15H28O4. The van der Waals surface area contributed by atoms with Gasteiger partial charge in [-0.25, -0.2) is 0 Å². The average molecular weight is 272 g/mol. The minimum Gasteiger partial charge on any atom is -0.469 e. The van der Waals surface area contributed by atoms with Gasteiger partial charge >= 0.3 is 5.97 Å². The van der Waals surface area contributed by atoms with Gasteiger partial charge < -0.3 is 14.9 Å². The van der Waals surface area contributed by atoms with Gasteiger partial charge in [-0.2, -0.15) is 0 Å². The second-order valence-corrected chi connectivity index (χ2v) is 4.96. The van der Waals surface area contributed by atoms with Gasteiger partial charge in [0.15, 0.2) is 0 Å². The molecule has 0 rings (SSSR count). The number of esters is 1. The van der Waals surface area contributed by atoms with E-state index < -0.39 is 6.10 Å². The molecule has 2 unspecified atom stereocenters. The Morgan fingerprint density at radius 1 is 1.16 bits per heavy atom. The number of hydrogen-bond donors (Lipinski definition) is 2. The number of hydrogen-bond acceptors (Lipinski definition) is 4. The maximum absolute atomic E-state index is 10.8. The van der Waals surface area contributed by atoms with Crippen molar-refractivity contribution in [2.24, 2.45) is 0 Å². The van der Waals surface area contributed by atoms with E-state index in [-0.39, 0.29) is 12.1 Å². The number of allylic oxidation sites excluding steroid dienone is 2. The molecule has 4 heteroatoms. The van der Waals surface area contributed by atoms with Crippen molar-refractivity contribution in [3.05, 3.63) is 12.2 Å². The highest BCUT2D eigenvalue weighted by molar-refractivity contribution is 5.68. The molecule has 112 valence electrons. The molecule has 0 heterocycles. The predicted octanol–water partition coefficient (Wildman–Crippen LogP) is 2.58. The monoisotopic (exact) mass is 272 g/mol. The number of aliphatic hydroxyl groups is 2. The summed E-state index contributed by atoms with van der Waals surface area (Å²) in [6.07, 6.45) is 9.85. The Morgan fingerprint density at radius 2 is 1.79 bits per heavy atom. The van der Waals surface area contributed by atoms with Crippen LogP contribution in [0.25, 0.3) is 0 Å². The summed E-state index contributed by atoms with van der Waals surface area (Å²) >= 11 is 0. The van der Waals surface area contributed by atoms with Gasteiger partial charge in [-0.3, -0.25) is 4.79 Å². The Kier molecular flexibility index (Phi) is 11.6. The number of unbranched alkanes of at least 4 members (excludes halogenated alkanes) is 3. The van der Waals surface area contributed by atoms with Crippen LogP contribution in [0.15, 0.2) is 12.2 Å². The summed E-state index contributed by atoms with van der Waals surface area (Å²) in [5, 5.41) is 18.6. The molecule has 0 aromatic rings. The third kappa shape index (κ3) is 13.4. The van der Waals surface area contributed by atoms with Gasteiger partial charge in [-0.1, -0.05) is 18.6 Å². The summed E-state index contributed by atoms with van der Waals surface area (Å²) in [5.41, 5.74) is 0. The first-order valence-electron chi connectivity index (χ1n) is 7.14. The van der Waals surface area contributed by atoms with Gasteiger partial charge in [0, 0.05) is 6.42 Å². The van der Waals surface area contributed by atoms with Gasteiger partial charge in [0.25, 0.3) is 0 Å². The van der Waals surface area contributed by atoms with Gasteiger partial charge in [0.1, 0.15) is 0 Å². The molecule has 19 heavy (non-hydrogen) atoms. The van der Waals surface area contributed by atoms with Crippen LogP contribution in [-0.4, -0.2) is 35.5 Å². The van der Waals surface area contributed by atoms with E-state index in [4.69, 9.17) is 5.11 Å². The zero-order chi connectivity index (χ0) is 14.5. The topological polar surface area (TPSA) is 66.8 Å². The number of carbonyl (C=O) groups excluding carboxylic acids is 1. The van der Waals surface area contributed by atoms with E-state index in [2.05, 4.69) is 16.9 Å². The van der Waals surface area contributed by atoms with Gasteiger partial charge in [0.05, 0.1) is 19.3 Å². The third-order valence-electron chi connectivity index (χ3n) is 2.92. The molecule has 0 amide bonds. The lowest BCUT2D eigenvalue weighted by Gasteiger charge is -2.11. The minimum absolute atomic E-state index is 0.152. The van der Waals surface area contributed by atoms with Crippen molar-refractivity contribution in [2.75, 3.05) is 7.11 Å². The third-order valence-corrected chi connectivity index (χ3v) is 2.92. The molecule has 0 aromatic carbocycles. The smallest absolute Gasteiger partial charge is 0.305 e. The summed E-state index contributed by atoms with van der Waals surface area (Å²) in [6, 6.07) is 0. The van der Waals surface area contributed by atoms with Crippen LogP contribution in [0.3, 0.4) is 0 Å². The van der Waals surface area contributed by atoms with E-state index in [0.29, 0.717) is 12.8 Å². The number of ether oxygens (including phenoxy) is 1. The zero-order valence-electron chi connectivity index (χ0n) is 12.2. The lowest BCUT2D eigenvalue weighted by Crippen LogP contribution is -2.14. The molecule has 0 fully saturated rings. The number of methoxy groups -OCH3 is 1. The van der Waals surface area contributed by atoms with Crippen LogP contribution < -0.4 is 0 Å². The van der Waals surface area contributed by atoms with Crippen LogP contribution in [0.1, 0.15) is 58.3 Å². The minimum atomic E-state index is -0.426. The number of aliphatic hydroxyl groups excluding tert-OH is 2. The van der Waals surface area contributed by atoms with E-state index in [1.165, 1.54) is 7.11 Å². The van der Waals surface area contributed by atoms with E-state index in [0.717, 1.165) is 38.5 Å². The fourth-order valence-electron chi connectivity index (χ4n) is 1.86. The Labute approximate surface area is 116 Å². The fraction of sp³-hybridized carbons (Fsp3) is 0.800. The second-order valence-electron chi connectivity index (χ2n) is 4.96. The first kappa shape index (κ1) is 18.1. The quantitative estimate of drug-likeness (QED) is 0.345. The van der Waals surface area contributed by atoms with Crippen molar-refractivity contribution in [1.29, 1.82) is 0 Å². The molecule has 2 atom stereocenters. The summed E-state index contributed by atoms with van der Waals surface area (Å²) in [5.74, 6) is -0.152. The molecule has 0 aliphatic rings. The van der Waals surface area contributed by atoms with Crippen LogP contribution in [0.5, 0.6) is 0 Å². The molecule has 0 saturated heterocycles. The lowest BCUT2D eigenvalue weighted by atomic mass is 10.1. The molecule has 0 aliphatic carbocycles. The maximum atomic E-state index is 10.8. The highest BCUT2D eigenvalue weighted by Crippen LogP contribution is 2.09. The zero-order valence-corrected chi connectivity index (χ0v) is 12.2. The van der Waals surface area contributed by atoms with Crippen molar-refractivity contribution < 1.29 is 19.7 Å². The summed E-state index contributed by atoms with van der Waals surface area (Å²) in [7, 11) is 1.41. The van der Waals surface area contributed by atoms with E-state index in [9.17, 15) is 9.90 Å². The first-order chi connectivity index (χ1) is 9.06. The summed E-state index contributed by atoms with van der Waals surface area (Å²) < 4.78 is 4.56. The van der Waals surface area contributed by atoms with E-state index >= 15 is 0 Å². The van der Waals surface area contributed by atoms with Crippen LogP contribution in [-0.2, 0) is 9.53 Å². The highest BCUT2D eigenvalue weighted by atomic mass is 16.5. The molecule has 0 saturated carbocycles. The van der Waals surface area contributed by atoms with E-state index in [1.54, 1.807) is 6.92 Å². The Hall–Kier alpha value is -0.870. The molecule has 4 nitrogen and oxygen atoms in total. The van der Waals surface area contributed by atoms with Crippen molar-refractivity contribution in [2.45, 2.75) is 70.5 Å². The van der Waals surface area contributed by atoms with Gasteiger partial charge in [-0.15, -0.1) is 0 Å². The molecule has 2 N–H and O–H groups in total. The summed E-state index contributed by atoms with van der Waals surface area (Å²) in [6.45, 7) is 1.69. The fourth-order valence-corrected chi connectivity index (χ4v) is 1.86. The van der Waals surface area contributed by atoms with E-state index in [1.807, 2.05) is 0 Å². The van der Waals surface area contributed by atoms with Crippen LogP contribution in [0.4, 0.5) is 0 Å². The maximum Gasteiger partial charge on any atom is 0.305 e. The molecule has 0 radical (unpaired) electrons. The molecular weight excluding hydrogens is 244 g/mol. The first-order valence-corrected chi connectivity index (χ1v) is 7.14. The second kappa shape index (κ2) is 12.2. The van der Waals surface area contributed by atoms with Gasteiger partial charge in [-0.05, 0) is 45.4 Å². The lowest BCUT2D eigenvalue weighted by molar-refractivity contribution is -0.140. The van der Waals surface area contributed by atoms with Crippen LogP contribution in [0, 0.1) is 0 Å². The Balaban J connectivity index is 3.32. The van der Waals surface area contributed by atoms with Crippen molar-refractivity contribution in [1.82, 2.24) is 0 Å². The van der Waals surface area contributed by atoms with Gasteiger partial charge in [0.2, 0.25) is 0 Å². The number of rotatable bonds is 11. The highest BCUT2D eigenvalue weighted by Gasteiger charge is 2.06. The largest absolute Gasteiger partial charge is 0.469 e. The standard InChI is InChI=1S/C15H28O4/c1-13(16)12-14(17)10-8-6-4-3-5-7-9-11-15(18)19-2/h3,5,13-14,16-17H,4,6-12H2,1-2H3/b5-3-. The number of carbonyl (C=O) groups is 1. The Bertz CT molecular complexity index is 249. The molecule has 0 aromatic heterocycles. The Morgan fingerprint density at radius 3 is 2.37 bits per heavy atom.